The Labute approximate surface area is 299 Å². The Morgan fingerprint density at radius 3 is 1.98 bits per heavy atom. The Balaban J connectivity index is 1.42. The highest BCUT2D eigenvalue weighted by atomic mass is 16.5. The first-order chi connectivity index (χ1) is 24.4. The Hall–Kier alpha value is -5.51. The summed E-state index contributed by atoms with van der Waals surface area (Å²) < 4.78 is 27.8. The normalized spacial score (nSPS) is 13.2. The maximum atomic E-state index is 14.6. The number of esters is 1. The molecular weight excluding hydrogens is 648 g/mol. The van der Waals surface area contributed by atoms with Crippen LogP contribution >= 0.6 is 0 Å². The van der Waals surface area contributed by atoms with Gasteiger partial charge in [-0.05, 0) is 79.8 Å². The van der Waals surface area contributed by atoms with Crippen molar-refractivity contribution >= 4 is 18.0 Å². The molecule has 2 amide bonds. The minimum absolute atomic E-state index is 0.0104. The van der Waals surface area contributed by atoms with Gasteiger partial charge < -0.3 is 33.9 Å². The maximum Gasteiger partial charge on any atom is 0.407 e. The van der Waals surface area contributed by atoms with Gasteiger partial charge in [-0.25, -0.2) is 9.59 Å². The van der Waals surface area contributed by atoms with Gasteiger partial charge in [0.05, 0.1) is 27.9 Å². The molecule has 0 bridgehead atoms. The summed E-state index contributed by atoms with van der Waals surface area (Å²) in [6, 6.07) is 26.6. The fourth-order valence-corrected chi connectivity index (χ4v) is 6.33. The van der Waals surface area contributed by atoms with Gasteiger partial charge in [0.1, 0.15) is 41.5 Å². The largest absolute Gasteiger partial charge is 0.497 e. The first-order valence-corrected chi connectivity index (χ1v) is 16.9. The molecule has 1 aliphatic carbocycles. The van der Waals surface area contributed by atoms with Gasteiger partial charge in [-0.2, -0.15) is 0 Å². The number of carbonyl (C=O) groups excluding carboxylic acids is 3. The molecule has 4 aromatic rings. The van der Waals surface area contributed by atoms with Crippen molar-refractivity contribution in [1.82, 2.24) is 10.2 Å². The molecule has 0 spiro atoms. The minimum Gasteiger partial charge on any atom is -0.497 e. The number of amides is 2. The van der Waals surface area contributed by atoms with Crippen LogP contribution in [0.5, 0.6) is 17.2 Å². The van der Waals surface area contributed by atoms with Crippen LogP contribution in [0, 0.1) is 0 Å². The third-order valence-electron chi connectivity index (χ3n) is 8.85. The molecule has 268 valence electrons. The van der Waals surface area contributed by atoms with Crippen molar-refractivity contribution in [3.05, 3.63) is 113 Å². The number of benzene rings is 4. The lowest BCUT2D eigenvalue weighted by Crippen LogP contribution is -2.54. The minimum atomic E-state index is -1.11. The molecule has 0 aromatic heterocycles. The third kappa shape index (κ3) is 8.81. The highest BCUT2D eigenvalue weighted by Crippen LogP contribution is 2.44. The quantitative estimate of drug-likeness (QED) is 0.150. The molecule has 0 fully saturated rings. The van der Waals surface area contributed by atoms with Gasteiger partial charge >= 0.3 is 12.1 Å². The van der Waals surface area contributed by atoms with Gasteiger partial charge in [-0.1, -0.05) is 60.7 Å². The molecule has 0 saturated heterocycles. The molecule has 10 heteroatoms. The van der Waals surface area contributed by atoms with Crippen LogP contribution in [0.2, 0.25) is 0 Å². The highest BCUT2D eigenvalue weighted by Gasteiger charge is 2.35. The maximum absolute atomic E-state index is 14.6. The van der Waals surface area contributed by atoms with Crippen molar-refractivity contribution in [1.29, 1.82) is 0 Å². The van der Waals surface area contributed by atoms with E-state index in [-0.39, 0.29) is 25.5 Å². The molecule has 5 rings (SSSR count). The number of alkyl carbamates (subject to hydrolysis) is 1. The van der Waals surface area contributed by atoms with E-state index in [0.717, 1.165) is 27.8 Å². The van der Waals surface area contributed by atoms with E-state index < -0.39 is 35.7 Å². The van der Waals surface area contributed by atoms with E-state index in [9.17, 15) is 14.4 Å². The molecule has 0 unspecified atom stereocenters. The summed E-state index contributed by atoms with van der Waals surface area (Å²) in [7, 11) is 4.33. The number of nitrogens with zero attached hydrogens (tertiary/aromatic N) is 1. The van der Waals surface area contributed by atoms with E-state index in [0.29, 0.717) is 22.8 Å². The predicted octanol–water partition coefficient (Wildman–Crippen LogP) is 6.92. The number of hydrogen-bond donors (Lipinski definition) is 1. The van der Waals surface area contributed by atoms with Crippen molar-refractivity contribution in [2.75, 3.05) is 27.9 Å². The number of hydrogen-bond acceptors (Lipinski definition) is 8. The number of methoxy groups -OCH3 is 3. The molecule has 0 aliphatic heterocycles. The van der Waals surface area contributed by atoms with Crippen molar-refractivity contribution in [3.8, 4) is 28.4 Å². The Morgan fingerprint density at radius 1 is 0.804 bits per heavy atom. The van der Waals surface area contributed by atoms with Crippen LogP contribution in [-0.2, 0) is 32.0 Å². The van der Waals surface area contributed by atoms with Crippen molar-refractivity contribution in [3.63, 3.8) is 0 Å². The molecule has 51 heavy (non-hydrogen) atoms. The number of rotatable bonds is 13. The zero-order valence-corrected chi connectivity index (χ0v) is 30.2. The van der Waals surface area contributed by atoms with Gasteiger partial charge in [-0.3, -0.25) is 4.79 Å². The first kappa shape index (κ1) is 36.8. The zero-order valence-electron chi connectivity index (χ0n) is 30.2. The summed E-state index contributed by atoms with van der Waals surface area (Å²) in [6.07, 6.45) is -0.640. The van der Waals surface area contributed by atoms with E-state index in [1.54, 1.807) is 32.2 Å². The van der Waals surface area contributed by atoms with Crippen LogP contribution in [0.4, 0.5) is 4.79 Å². The zero-order chi connectivity index (χ0) is 36.7. The molecule has 4 aromatic carbocycles. The Morgan fingerprint density at radius 2 is 1.41 bits per heavy atom. The fraction of sp³-hybridized carbons (Fsp3) is 0.341. The van der Waals surface area contributed by atoms with E-state index in [1.807, 2.05) is 81.4 Å². The van der Waals surface area contributed by atoms with Crippen LogP contribution in [0.25, 0.3) is 11.1 Å². The predicted molar refractivity (Wildman–Crippen MR) is 194 cm³/mol. The van der Waals surface area contributed by atoms with E-state index in [1.165, 1.54) is 19.1 Å². The van der Waals surface area contributed by atoms with Crippen LogP contribution in [0.3, 0.4) is 0 Å². The summed E-state index contributed by atoms with van der Waals surface area (Å²) in [5.41, 5.74) is 5.36. The van der Waals surface area contributed by atoms with Gasteiger partial charge in [0.25, 0.3) is 0 Å². The van der Waals surface area contributed by atoms with E-state index >= 15 is 0 Å². The number of carbonyl (C=O) groups is 3. The summed E-state index contributed by atoms with van der Waals surface area (Å²) in [6.45, 7) is 7.53. The molecule has 10 nitrogen and oxygen atoms in total. The van der Waals surface area contributed by atoms with Gasteiger partial charge in [0.15, 0.2) is 0 Å². The lowest BCUT2D eigenvalue weighted by Gasteiger charge is -2.32. The summed E-state index contributed by atoms with van der Waals surface area (Å²) in [4.78, 5) is 42.5. The molecule has 0 heterocycles. The molecule has 1 N–H and O–H groups in total. The third-order valence-corrected chi connectivity index (χ3v) is 8.85. The molecule has 0 saturated carbocycles. The molecule has 1 aliphatic rings. The lowest BCUT2D eigenvalue weighted by molar-refractivity contribution is -0.153. The van der Waals surface area contributed by atoms with E-state index in [4.69, 9.17) is 23.7 Å². The number of ether oxygens (including phenoxy) is 5. The molecule has 2 atom stereocenters. The summed E-state index contributed by atoms with van der Waals surface area (Å²) in [5.74, 6) is 0.439. The second-order valence-electron chi connectivity index (χ2n) is 13.4. The van der Waals surface area contributed by atoms with Crippen LogP contribution in [0.1, 0.15) is 55.9 Å². The SMILES string of the molecule is COC(=O)[C@H](C)N(Cc1ccc(OC)cc1OC)C(=O)[C@H](Cc1ccc(OC(C)(C)C)cc1)NC(=O)OCC1c2ccccc2-c2ccccc21. The average Bonchev–Trinajstić information content (AvgIpc) is 3.45. The fourth-order valence-electron chi connectivity index (χ4n) is 6.33. The second kappa shape index (κ2) is 16.0. The highest BCUT2D eigenvalue weighted by molar-refractivity contribution is 5.90. The summed E-state index contributed by atoms with van der Waals surface area (Å²) >= 11 is 0. The lowest BCUT2D eigenvalue weighted by atomic mass is 9.98. The first-order valence-electron chi connectivity index (χ1n) is 16.9. The van der Waals surface area contributed by atoms with Gasteiger partial charge in [0.2, 0.25) is 5.91 Å². The number of fused-ring (bicyclic) bond motifs is 3. The molecular formula is C41H46N2O8. The Kier molecular flexibility index (Phi) is 11.5. The van der Waals surface area contributed by atoms with Crippen molar-refractivity contribution < 1.29 is 38.1 Å². The van der Waals surface area contributed by atoms with E-state index in [2.05, 4.69) is 17.4 Å². The number of nitrogens with one attached hydrogen (secondary N) is 1. The average molecular weight is 695 g/mol. The monoisotopic (exact) mass is 694 g/mol. The van der Waals surface area contributed by atoms with Crippen LogP contribution in [0.15, 0.2) is 91.0 Å². The van der Waals surface area contributed by atoms with Gasteiger partial charge in [-0.15, -0.1) is 0 Å². The smallest absolute Gasteiger partial charge is 0.407 e. The molecule has 0 radical (unpaired) electrons. The second-order valence-corrected chi connectivity index (χ2v) is 13.4. The van der Waals surface area contributed by atoms with Crippen molar-refractivity contribution in [2.24, 2.45) is 0 Å². The van der Waals surface area contributed by atoms with Crippen LogP contribution in [-0.4, -0.2) is 68.5 Å². The Bertz CT molecular complexity index is 1800. The van der Waals surface area contributed by atoms with Crippen LogP contribution < -0.4 is 19.5 Å². The van der Waals surface area contributed by atoms with Gasteiger partial charge in [0, 0.05) is 24.0 Å². The summed E-state index contributed by atoms with van der Waals surface area (Å²) in [5, 5.41) is 2.83. The topological polar surface area (TPSA) is 113 Å². The standard InChI is InChI=1S/C41H46N2O8/c1-26(39(45)49-7)43(24-28-18-21-30(47-5)23-37(28)48-6)38(44)36(22-27-16-19-29(20-17-27)51-41(2,3)4)42-40(46)50-25-35-33-14-10-8-12-31(33)32-13-9-11-15-34(32)35/h8-21,23,26,35-36H,22,24-25H2,1-7H3,(H,42,46)/t26-,36-/m0/s1. The van der Waals surface area contributed by atoms with Crippen molar-refractivity contribution in [2.45, 2.75) is 64.3 Å².